The molecule has 0 aliphatic carbocycles. The van der Waals surface area contributed by atoms with Crippen LogP contribution in [0.1, 0.15) is 11.1 Å². The zero-order chi connectivity index (χ0) is 6.85. The average molecular weight is 121 g/mol. The van der Waals surface area contributed by atoms with Gasteiger partial charge in [0.05, 0.1) is 0 Å². The maximum Gasteiger partial charge on any atom is -0.0398 e. The van der Waals surface area contributed by atoms with Gasteiger partial charge in [-0.25, -0.2) is 0 Å². The molecule has 0 atom stereocenters. The van der Waals surface area contributed by atoms with Crippen LogP contribution in [0.3, 0.4) is 0 Å². The highest BCUT2D eigenvalue weighted by Crippen LogP contribution is 2.10. The van der Waals surface area contributed by atoms with Gasteiger partial charge in [-0.05, 0) is 13.8 Å². The summed E-state index contributed by atoms with van der Waals surface area (Å²) in [6.45, 7) is 3.85. The first-order valence-corrected chi connectivity index (χ1v) is 2.94. The molecule has 0 amide bonds. The number of hydrogen-bond donors (Lipinski definition) is 0. The van der Waals surface area contributed by atoms with Gasteiger partial charge < -0.3 is 5.11 Å². The summed E-state index contributed by atoms with van der Waals surface area (Å²) in [5.41, 5.74) is 2.08. The van der Waals surface area contributed by atoms with Crippen LogP contribution in [-0.4, -0.2) is 0 Å². The van der Waals surface area contributed by atoms with E-state index in [-0.39, 0.29) is 5.75 Å². The molecule has 1 heteroatoms. The molecule has 0 heterocycles. The molecule has 0 aliphatic rings. The van der Waals surface area contributed by atoms with E-state index in [0.29, 0.717) is 0 Å². The lowest BCUT2D eigenvalue weighted by Gasteiger charge is -2.06. The molecule has 1 aromatic rings. The first-order valence-electron chi connectivity index (χ1n) is 2.94. The Morgan fingerprint density at radius 2 is 1.44 bits per heavy atom. The second-order valence-corrected chi connectivity index (χ2v) is 2.32. The van der Waals surface area contributed by atoms with Crippen molar-refractivity contribution < 1.29 is 5.11 Å². The predicted octanol–water partition coefficient (Wildman–Crippen LogP) is 1.38. The predicted molar refractivity (Wildman–Crippen MR) is 35.4 cm³/mol. The molecule has 1 rings (SSSR count). The fraction of sp³-hybridized carbons (Fsp3) is 0.250. The molecular weight excluding hydrogens is 112 g/mol. The van der Waals surface area contributed by atoms with Gasteiger partial charge in [0.2, 0.25) is 0 Å². The van der Waals surface area contributed by atoms with Crippen LogP contribution >= 0.6 is 0 Å². The molecule has 0 fully saturated rings. The van der Waals surface area contributed by atoms with E-state index in [0.717, 1.165) is 11.1 Å². The molecule has 1 aromatic carbocycles. The SMILES string of the molecule is Cc1cc(C)cc([O-])c1. The van der Waals surface area contributed by atoms with Crippen LogP contribution in [0.5, 0.6) is 5.75 Å². The topological polar surface area (TPSA) is 23.1 Å². The van der Waals surface area contributed by atoms with Gasteiger partial charge in [0.15, 0.2) is 0 Å². The van der Waals surface area contributed by atoms with Crippen LogP contribution in [0, 0.1) is 13.8 Å². The number of benzene rings is 1. The Hall–Kier alpha value is -0.980. The minimum atomic E-state index is 0.104. The fourth-order valence-corrected chi connectivity index (χ4v) is 0.933. The van der Waals surface area contributed by atoms with E-state index in [2.05, 4.69) is 0 Å². The van der Waals surface area contributed by atoms with Crippen molar-refractivity contribution in [2.45, 2.75) is 13.8 Å². The molecule has 0 saturated heterocycles. The van der Waals surface area contributed by atoms with Crippen molar-refractivity contribution in [3.8, 4) is 5.75 Å². The molecule has 0 aliphatic heterocycles. The first-order chi connectivity index (χ1) is 4.18. The van der Waals surface area contributed by atoms with Gasteiger partial charge in [-0.15, -0.1) is 5.75 Å². The normalized spacial score (nSPS) is 9.56. The summed E-state index contributed by atoms with van der Waals surface area (Å²) in [6.07, 6.45) is 0. The van der Waals surface area contributed by atoms with Crippen molar-refractivity contribution in [2.75, 3.05) is 0 Å². The van der Waals surface area contributed by atoms with E-state index in [4.69, 9.17) is 0 Å². The molecule has 0 radical (unpaired) electrons. The third kappa shape index (κ3) is 1.46. The maximum atomic E-state index is 10.7. The summed E-state index contributed by atoms with van der Waals surface area (Å²) in [5, 5.41) is 10.7. The van der Waals surface area contributed by atoms with E-state index in [1.165, 1.54) is 0 Å². The number of aryl methyl sites for hydroxylation is 2. The summed E-state index contributed by atoms with van der Waals surface area (Å²) in [4.78, 5) is 0. The van der Waals surface area contributed by atoms with Gasteiger partial charge >= 0.3 is 0 Å². The molecule has 0 aromatic heterocycles. The zero-order valence-electron chi connectivity index (χ0n) is 5.64. The molecule has 0 N–H and O–H groups in total. The minimum absolute atomic E-state index is 0.104. The van der Waals surface area contributed by atoms with Gasteiger partial charge in [0.25, 0.3) is 0 Å². The van der Waals surface area contributed by atoms with Crippen LogP contribution in [0.25, 0.3) is 0 Å². The lowest BCUT2D eigenvalue weighted by atomic mass is 10.1. The van der Waals surface area contributed by atoms with Gasteiger partial charge in [0, 0.05) is 0 Å². The largest absolute Gasteiger partial charge is 0.872 e. The Balaban J connectivity index is 3.17. The van der Waals surface area contributed by atoms with Crippen LogP contribution in [0.15, 0.2) is 18.2 Å². The molecule has 48 valence electrons. The summed E-state index contributed by atoms with van der Waals surface area (Å²) in [6, 6.07) is 5.25. The number of rotatable bonds is 0. The summed E-state index contributed by atoms with van der Waals surface area (Å²) in [7, 11) is 0. The maximum absolute atomic E-state index is 10.7. The van der Waals surface area contributed by atoms with Crippen molar-refractivity contribution in [3.63, 3.8) is 0 Å². The van der Waals surface area contributed by atoms with Crippen LogP contribution in [0.2, 0.25) is 0 Å². The van der Waals surface area contributed by atoms with Gasteiger partial charge in [-0.1, -0.05) is 29.3 Å². The molecule has 9 heavy (non-hydrogen) atoms. The molecule has 0 unspecified atom stereocenters. The van der Waals surface area contributed by atoms with Crippen LogP contribution in [-0.2, 0) is 0 Å². The lowest BCUT2D eigenvalue weighted by Crippen LogP contribution is -1.90. The Labute approximate surface area is 55.0 Å². The molecule has 1 nitrogen and oxygen atoms in total. The average Bonchev–Trinajstić information content (AvgIpc) is 1.59. The molecule has 0 spiro atoms. The first kappa shape index (κ1) is 6.14. The quantitative estimate of drug-likeness (QED) is 0.508. The van der Waals surface area contributed by atoms with Crippen molar-refractivity contribution in [1.82, 2.24) is 0 Å². The fourth-order valence-electron chi connectivity index (χ4n) is 0.933. The van der Waals surface area contributed by atoms with Crippen molar-refractivity contribution in [2.24, 2.45) is 0 Å². The van der Waals surface area contributed by atoms with E-state index in [1.807, 2.05) is 19.9 Å². The Kier molecular flexibility index (Phi) is 1.43. The van der Waals surface area contributed by atoms with Gasteiger partial charge in [-0.3, -0.25) is 0 Å². The molecular formula is C8H9O-. The second-order valence-electron chi connectivity index (χ2n) is 2.32. The van der Waals surface area contributed by atoms with E-state index in [1.54, 1.807) is 12.1 Å². The van der Waals surface area contributed by atoms with E-state index in [9.17, 15) is 5.11 Å². The second kappa shape index (κ2) is 2.09. The summed E-state index contributed by atoms with van der Waals surface area (Å²) >= 11 is 0. The Morgan fingerprint density at radius 1 is 1.00 bits per heavy atom. The standard InChI is InChI=1S/C8H10O/c1-6-3-7(2)5-8(9)4-6/h3-5,9H,1-2H3/p-1. The molecule has 0 saturated carbocycles. The van der Waals surface area contributed by atoms with E-state index >= 15 is 0 Å². The third-order valence-electron chi connectivity index (χ3n) is 1.20. The van der Waals surface area contributed by atoms with E-state index < -0.39 is 0 Å². The number of hydrogen-bond acceptors (Lipinski definition) is 1. The highest BCUT2D eigenvalue weighted by molar-refractivity contribution is 5.30. The van der Waals surface area contributed by atoms with Gasteiger partial charge in [0.1, 0.15) is 0 Å². The monoisotopic (exact) mass is 121 g/mol. The summed E-state index contributed by atoms with van der Waals surface area (Å²) in [5.74, 6) is 0.104. The lowest BCUT2D eigenvalue weighted by molar-refractivity contribution is -0.268. The molecule has 0 bridgehead atoms. The third-order valence-corrected chi connectivity index (χ3v) is 1.20. The van der Waals surface area contributed by atoms with Gasteiger partial charge in [-0.2, -0.15) is 0 Å². The highest BCUT2D eigenvalue weighted by Gasteiger charge is 1.83. The zero-order valence-corrected chi connectivity index (χ0v) is 5.64. The van der Waals surface area contributed by atoms with Crippen LogP contribution in [0.4, 0.5) is 0 Å². The van der Waals surface area contributed by atoms with Crippen molar-refractivity contribution in [3.05, 3.63) is 29.3 Å². The minimum Gasteiger partial charge on any atom is -0.872 e. The highest BCUT2D eigenvalue weighted by atomic mass is 16.3. The Bertz CT molecular complexity index is 165. The Morgan fingerprint density at radius 3 is 1.78 bits per heavy atom. The van der Waals surface area contributed by atoms with Crippen molar-refractivity contribution >= 4 is 0 Å². The smallest absolute Gasteiger partial charge is 0.0398 e. The summed E-state index contributed by atoms with van der Waals surface area (Å²) < 4.78 is 0. The van der Waals surface area contributed by atoms with Crippen molar-refractivity contribution in [1.29, 1.82) is 0 Å². The van der Waals surface area contributed by atoms with Crippen LogP contribution < -0.4 is 5.11 Å².